The number of hydrogen-bond acceptors (Lipinski definition) is 1. The predicted octanol–water partition coefficient (Wildman–Crippen LogP) is 4.11. The zero-order chi connectivity index (χ0) is 13.5. The molecule has 1 nitrogen and oxygen atoms in total. The second-order valence-electron chi connectivity index (χ2n) is 4.82. The van der Waals surface area contributed by atoms with Crippen LogP contribution in [-0.2, 0) is 6.42 Å². The Kier molecular flexibility index (Phi) is 5.10. The Morgan fingerprint density at radius 2 is 1.84 bits per heavy atom. The molecule has 0 bridgehead atoms. The van der Waals surface area contributed by atoms with E-state index in [-0.39, 0.29) is 11.9 Å². The summed E-state index contributed by atoms with van der Waals surface area (Å²) in [6.07, 6.45) is 2.16. The molecule has 0 heterocycles. The van der Waals surface area contributed by atoms with Gasteiger partial charge in [0, 0.05) is 6.04 Å². The quantitative estimate of drug-likeness (QED) is 0.768. The van der Waals surface area contributed by atoms with E-state index >= 15 is 0 Å². The Morgan fingerprint density at radius 1 is 1.05 bits per heavy atom. The maximum absolute atomic E-state index is 13.1. The van der Waals surface area contributed by atoms with Gasteiger partial charge in [-0.3, -0.25) is 0 Å². The summed E-state index contributed by atoms with van der Waals surface area (Å²) >= 11 is 0. The van der Waals surface area contributed by atoms with Crippen molar-refractivity contribution in [3.05, 3.63) is 71.5 Å². The van der Waals surface area contributed by atoms with Gasteiger partial charge in [-0.15, -0.1) is 0 Å². The molecule has 0 aliphatic carbocycles. The fourth-order valence-corrected chi connectivity index (χ4v) is 2.15. The fraction of sp³-hybridized carbons (Fsp3) is 0.294. The van der Waals surface area contributed by atoms with Gasteiger partial charge in [0.25, 0.3) is 0 Å². The standard InChI is InChI=1S/C17H20FN/c1-14(16-10-5-11-17(18)13-16)19-12-6-9-15-7-3-2-4-8-15/h2-5,7-8,10-11,13-14,19H,6,9,12H2,1H3/t14-/m0/s1. The van der Waals surface area contributed by atoms with Crippen LogP contribution >= 0.6 is 0 Å². The zero-order valence-electron chi connectivity index (χ0n) is 11.3. The number of rotatable bonds is 6. The highest BCUT2D eigenvalue weighted by molar-refractivity contribution is 5.19. The molecule has 0 fully saturated rings. The van der Waals surface area contributed by atoms with Crippen molar-refractivity contribution in [1.82, 2.24) is 5.32 Å². The molecule has 2 rings (SSSR count). The largest absolute Gasteiger partial charge is 0.310 e. The van der Waals surface area contributed by atoms with E-state index in [0.29, 0.717) is 0 Å². The van der Waals surface area contributed by atoms with Crippen LogP contribution < -0.4 is 5.32 Å². The highest BCUT2D eigenvalue weighted by Gasteiger charge is 2.04. The maximum atomic E-state index is 13.1. The molecule has 1 atom stereocenters. The topological polar surface area (TPSA) is 12.0 Å². The molecule has 0 aromatic heterocycles. The van der Waals surface area contributed by atoms with Crippen LogP contribution in [0.5, 0.6) is 0 Å². The van der Waals surface area contributed by atoms with Crippen LogP contribution in [-0.4, -0.2) is 6.54 Å². The number of nitrogens with one attached hydrogen (secondary N) is 1. The molecule has 2 heteroatoms. The molecule has 0 radical (unpaired) electrons. The molecule has 1 N–H and O–H groups in total. The number of halogens is 1. The average molecular weight is 257 g/mol. The molecule has 100 valence electrons. The second-order valence-corrected chi connectivity index (χ2v) is 4.82. The smallest absolute Gasteiger partial charge is 0.123 e. The third-order valence-electron chi connectivity index (χ3n) is 3.28. The van der Waals surface area contributed by atoms with Gasteiger partial charge in [0.05, 0.1) is 0 Å². The summed E-state index contributed by atoms with van der Waals surface area (Å²) in [6.45, 7) is 3.00. The summed E-state index contributed by atoms with van der Waals surface area (Å²) in [6, 6.07) is 17.4. The molecule has 0 saturated carbocycles. The number of benzene rings is 2. The number of aryl methyl sites for hydroxylation is 1. The Balaban J connectivity index is 1.74. The van der Waals surface area contributed by atoms with Crippen LogP contribution in [0.1, 0.15) is 30.5 Å². The maximum Gasteiger partial charge on any atom is 0.123 e. The second kappa shape index (κ2) is 7.05. The molecular formula is C17H20FN. The summed E-state index contributed by atoms with van der Waals surface area (Å²) < 4.78 is 13.1. The summed E-state index contributed by atoms with van der Waals surface area (Å²) in [5.41, 5.74) is 2.36. The van der Waals surface area contributed by atoms with Gasteiger partial charge in [-0.25, -0.2) is 4.39 Å². The van der Waals surface area contributed by atoms with Crippen molar-refractivity contribution < 1.29 is 4.39 Å². The summed E-state index contributed by atoms with van der Waals surface area (Å²) in [4.78, 5) is 0. The monoisotopic (exact) mass is 257 g/mol. The Hall–Kier alpha value is -1.67. The van der Waals surface area contributed by atoms with Crippen LogP contribution in [0.4, 0.5) is 4.39 Å². The lowest BCUT2D eigenvalue weighted by Gasteiger charge is -2.14. The Morgan fingerprint density at radius 3 is 2.58 bits per heavy atom. The van der Waals surface area contributed by atoms with Crippen molar-refractivity contribution in [2.75, 3.05) is 6.54 Å². The molecule has 0 amide bonds. The average Bonchev–Trinajstić information content (AvgIpc) is 2.44. The fourth-order valence-electron chi connectivity index (χ4n) is 2.15. The van der Waals surface area contributed by atoms with E-state index in [2.05, 4.69) is 36.5 Å². The van der Waals surface area contributed by atoms with E-state index in [0.717, 1.165) is 24.9 Å². The van der Waals surface area contributed by atoms with E-state index < -0.39 is 0 Å². The van der Waals surface area contributed by atoms with Gasteiger partial charge in [0.15, 0.2) is 0 Å². The normalized spacial score (nSPS) is 12.3. The van der Waals surface area contributed by atoms with E-state index in [1.54, 1.807) is 12.1 Å². The molecule has 0 aliphatic rings. The van der Waals surface area contributed by atoms with Crippen molar-refractivity contribution in [3.63, 3.8) is 0 Å². The first-order chi connectivity index (χ1) is 9.25. The minimum absolute atomic E-state index is 0.171. The van der Waals surface area contributed by atoms with E-state index in [1.807, 2.05) is 12.1 Å². The molecule has 2 aromatic rings. The van der Waals surface area contributed by atoms with E-state index in [4.69, 9.17) is 0 Å². The van der Waals surface area contributed by atoms with Crippen molar-refractivity contribution >= 4 is 0 Å². The molecule has 0 spiro atoms. The third kappa shape index (κ3) is 4.49. The molecule has 0 unspecified atom stereocenters. The van der Waals surface area contributed by atoms with Gasteiger partial charge in [0.1, 0.15) is 5.82 Å². The Bertz CT molecular complexity index is 496. The summed E-state index contributed by atoms with van der Waals surface area (Å²) in [5.74, 6) is -0.171. The Labute approximate surface area is 114 Å². The minimum Gasteiger partial charge on any atom is -0.310 e. The SMILES string of the molecule is C[C@H](NCCCc1ccccc1)c1cccc(F)c1. The van der Waals surface area contributed by atoms with Crippen molar-refractivity contribution in [2.45, 2.75) is 25.8 Å². The van der Waals surface area contributed by atoms with Crippen LogP contribution in [0.2, 0.25) is 0 Å². The lowest BCUT2D eigenvalue weighted by molar-refractivity contribution is 0.552. The summed E-state index contributed by atoms with van der Waals surface area (Å²) in [7, 11) is 0. The van der Waals surface area contributed by atoms with Crippen LogP contribution in [0.25, 0.3) is 0 Å². The molecular weight excluding hydrogens is 237 g/mol. The predicted molar refractivity (Wildman–Crippen MR) is 77.6 cm³/mol. The lowest BCUT2D eigenvalue weighted by atomic mass is 10.1. The zero-order valence-corrected chi connectivity index (χ0v) is 11.3. The van der Waals surface area contributed by atoms with Gasteiger partial charge in [-0.1, -0.05) is 42.5 Å². The molecule has 0 aliphatic heterocycles. The lowest BCUT2D eigenvalue weighted by Crippen LogP contribution is -2.20. The van der Waals surface area contributed by atoms with Crippen LogP contribution in [0.15, 0.2) is 54.6 Å². The van der Waals surface area contributed by atoms with Gasteiger partial charge in [-0.05, 0) is 49.6 Å². The molecule has 2 aromatic carbocycles. The van der Waals surface area contributed by atoms with E-state index in [1.165, 1.54) is 11.6 Å². The van der Waals surface area contributed by atoms with Crippen molar-refractivity contribution in [3.8, 4) is 0 Å². The van der Waals surface area contributed by atoms with Gasteiger partial charge in [0.2, 0.25) is 0 Å². The molecule has 19 heavy (non-hydrogen) atoms. The summed E-state index contributed by atoms with van der Waals surface area (Å²) in [5, 5.41) is 3.43. The first kappa shape index (κ1) is 13.8. The molecule has 0 saturated heterocycles. The number of hydrogen-bond donors (Lipinski definition) is 1. The van der Waals surface area contributed by atoms with E-state index in [9.17, 15) is 4.39 Å². The van der Waals surface area contributed by atoms with Crippen molar-refractivity contribution in [2.24, 2.45) is 0 Å². The van der Waals surface area contributed by atoms with Crippen molar-refractivity contribution in [1.29, 1.82) is 0 Å². The first-order valence-electron chi connectivity index (χ1n) is 6.78. The minimum atomic E-state index is -0.171. The van der Waals surface area contributed by atoms with Gasteiger partial charge >= 0.3 is 0 Å². The van der Waals surface area contributed by atoms with Crippen LogP contribution in [0.3, 0.4) is 0 Å². The highest BCUT2D eigenvalue weighted by Crippen LogP contribution is 2.13. The van der Waals surface area contributed by atoms with Gasteiger partial charge in [-0.2, -0.15) is 0 Å². The first-order valence-corrected chi connectivity index (χ1v) is 6.78. The third-order valence-corrected chi connectivity index (χ3v) is 3.28. The highest BCUT2D eigenvalue weighted by atomic mass is 19.1. The van der Waals surface area contributed by atoms with Crippen LogP contribution in [0, 0.1) is 5.82 Å². The van der Waals surface area contributed by atoms with Gasteiger partial charge < -0.3 is 5.32 Å².